The van der Waals surface area contributed by atoms with Crippen LogP contribution in [0.3, 0.4) is 0 Å². The maximum atomic E-state index is 12.4. The Balaban J connectivity index is 2.14. The van der Waals surface area contributed by atoms with Gasteiger partial charge in [-0.25, -0.2) is 0 Å². The molecule has 0 fully saturated rings. The molecule has 1 N–H and O–H groups in total. The summed E-state index contributed by atoms with van der Waals surface area (Å²) in [6, 6.07) is 15.4. The first kappa shape index (κ1) is 16.9. The molecule has 2 rings (SSSR count). The second-order valence-electron chi connectivity index (χ2n) is 6.56. The molecule has 2 aromatic rings. The lowest BCUT2D eigenvalue weighted by molar-refractivity contribution is -0.117. The Morgan fingerprint density at radius 1 is 1.04 bits per heavy atom. The number of Topliss-reactive ketones (excluding diaryl/α,β-unsaturated/α-hetero) is 1. The molecule has 0 aliphatic carbocycles. The summed E-state index contributed by atoms with van der Waals surface area (Å²) in [7, 11) is 0. The topological polar surface area (TPSA) is 46.2 Å². The second-order valence-corrected chi connectivity index (χ2v) is 6.56. The zero-order chi connectivity index (χ0) is 17.0. The highest BCUT2D eigenvalue weighted by molar-refractivity contribution is 5.97. The van der Waals surface area contributed by atoms with E-state index < -0.39 is 0 Å². The van der Waals surface area contributed by atoms with Crippen LogP contribution < -0.4 is 5.32 Å². The standard InChI is InChI=1S/C20H23NO2/c1-14-10-11-16(15(2)22)12-18(14)21-19(23)13-20(3,4)17-8-6-5-7-9-17/h5-12H,13H2,1-4H3,(H,21,23). The molecular weight excluding hydrogens is 286 g/mol. The van der Waals surface area contributed by atoms with Crippen molar-refractivity contribution >= 4 is 17.4 Å². The van der Waals surface area contributed by atoms with Crippen molar-refractivity contribution in [1.82, 2.24) is 0 Å². The Morgan fingerprint density at radius 3 is 2.30 bits per heavy atom. The van der Waals surface area contributed by atoms with Crippen molar-refractivity contribution in [3.05, 3.63) is 65.2 Å². The van der Waals surface area contributed by atoms with E-state index in [-0.39, 0.29) is 17.1 Å². The predicted octanol–water partition coefficient (Wildman–Crippen LogP) is 4.50. The zero-order valence-electron chi connectivity index (χ0n) is 14.1. The fraction of sp³-hybridized carbons (Fsp3) is 0.300. The highest BCUT2D eigenvalue weighted by Gasteiger charge is 2.24. The molecule has 2 aromatic carbocycles. The van der Waals surface area contributed by atoms with E-state index in [0.29, 0.717) is 17.7 Å². The molecule has 0 bridgehead atoms. The molecule has 0 radical (unpaired) electrons. The van der Waals surface area contributed by atoms with E-state index in [1.54, 1.807) is 12.1 Å². The summed E-state index contributed by atoms with van der Waals surface area (Å²) < 4.78 is 0. The number of hydrogen-bond donors (Lipinski definition) is 1. The van der Waals surface area contributed by atoms with Crippen LogP contribution in [0.1, 0.15) is 48.7 Å². The maximum Gasteiger partial charge on any atom is 0.225 e. The molecule has 0 atom stereocenters. The van der Waals surface area contributed by atoms with Crippen molar-refractivity contribution < 1.29 is 9.59 Å². The van der Waals surface area contributed by atoms with Crippen molar-refractivity contribution in [2.45, 2.75) is 39.5 Å². The number of carbonyl (C=O) groups excluding carboxylic acids is 2. The molecule has 0 spiro atoms. The fourth-order valence-electron chi connectivity index (χ4n) is 2.56. The van der Waals surface area contributed by atoms with Gasteiger partial charge in [-0.05, 0) is 36.5 Å². The van der Waals surface area contributed by atoms with Crippen molar-refractivity contribution in [3.63, 3.8) is 0 Å². The first-order chi connectivity index (χ1) is 10.8. The Hall–Kier alpha value is -2.42. The quantitative estimate of drug-likeness (QED) is 0.826. The lowest BCUT2D eigenvalue weighted by Crippen LogP contribution is -2.26. The van der Waals surface area contributed by atoms with E-state index in [0.717, 1.165) is 11.1 Å². The molecule has 0 aliphatic heterocycles. The summed E-state index contributed by atoms with van der Waals surface area (Å²) in [5, 5.41) is 2.94. The van der Waals surface area contributed by atoms with Gasteiger partial charge >= 0.3 is 0 Å². The largest absolute Gasteiger partial charge is 0.326 e. The van der Waals surface area contributed by atoms with Crippen LogP contribution in [-0.2, 0) is 10.2 Å². The normalized spacial score (nSPS) is 11.1. The van der Waals surface area contributed by atoms with E-state index in [4.69, 9.17) is 0 Å². The van der Waals surface area contributed by atoms with Crippen LogP contribution in [0.4, 0.5) is 5.69 Å². The SMILES string of the molecule is CC(=O)c1ccc(C)c(NC(=O)CC(C)(C)c2ccccc2)c1. The first-order valence-electron chi connectivity index (χ1n) is 7.76. The Labute approximate surface area is 137 Å². The minimum Gasteiger partial charge on any atom is -0.326 e. The number of carbonyl (C=O) groups is 2. The third kappa shape index (κ3) is 4.28. The van der Waals surface area contributed by atoms with Crippen LogP contribution in [0.5, 0.6) is 0 Å². The molecule has 0 unspecified atom stereocenters. The average molecular weight is 309 g/mol. The lowest BCUT2D eigenvalue weighted by atomic mass is 9.81. The number of anilines is 1. The van der Waals surface area contributed by atoms with Gasteiger partial charge < -0.3 is 5.32 Å². The number of hydrogen-bond acceptors (Lipinski definition) is 2. The van der Waals surface area contributed by atoms with Gasteiger partial charge in [-0.3, -0.25) is 9.59 Å². The van der Waals surface area contributed by atoms with Crippen LogP contribution in [0.2, 0.25) is 0 Å². The Kier molecular flexibility index (Phi) is 4.99. The van der Waals surface area contributed by atoms with E-state index in [1.165, 1.54) is 6.92 Å². The van der Waals surface area contributed by atoms with E-state index in [1.807, 2.05) is 43.3 Å². The number of benzene rings is 2. The summed E-state index contributed by atoms with van der Waals surface area (Å²) >= 11 is 0. The van der Waals surface area contributed by atoms with Crippen molar-refractivity contribution in [1.29, 1.82) is 0 Å². The van der Waals surface area contributed by atoms with E-state index >= 15 is 0 Å². The van der Waals surface area contributed by atoms with Gasteiger partial charge in [0.15, 0.2) is 5.78 Å². The predicted molar refractivity (Wildman–Crippen MR) is 93.9 cm³/mol. The minimum atomic E-state index is -0.253. The molecule has 3 heteroatoms. The first-order valence-corrected chi connectivity index (χ1v) is 7.76. The van der Waals surface area contributed by atoms with Crippen molar-refractivity contribution in [2.24, 2.45) is 0 Å². The summed E-state index contributed by atoms with van der Waals surface area (Å²) in [5.41, 5.74) is 3.13. The highest BCUT2D eigenvalue weighted by Crippen LogP contribution is 2.27. The molecule has 0 aromatic heterocycles. The maximum absolute atomic E-state index is 12.4. The molecule has 3 nitrogen and oxygen atoms in total. The van der Waals surface area contributed by atoms with Gasteiger partial charge in [0.25, 0.3) is 0 Å². The molecule has 0 saturated carbocycles. The molecular formula is C20H23NO2. The van der Waals surface area contributed by atoms with Gasteiger partial charge in [0, 0.05) is 17.7 Å². The molecule has 1 amide bonds. The number of aryl methyl sites for hydroxylation is 1. The number of nitrogens with one attached hydrogen (secondary N) is 1. The molecule has 0 heterocycles. The van der Waals surface area contributed by atoms with Gasteiger partial charge in [0.1, 0.15) is 0 Å². The highest BCUT2D eigenvalue weighted by atomic mass is 16.1. The van der Waals surface area contributed by atoms with Gasteiger partial charge in [-0.1, -0.05) is 56.3 Å². The molecule has 23 heavy (non-hydrogen) atoms. The lowest BCUT2D eigenvalue weighted by Gasteiger charge is -2.24. The zero-order valence-corrected chi connectivity index (χ0v) is 14.1. The smallest absolute Gasteiger partial charge is 0.225 e. The van der Waals surface area contributed by atoms with Crippen LogP contribution in [0.15, 0.2) is 48.5 Å². The second kappa shape index (κ2) is 6.78. The van der Waals surface area contributed by atoms with Crippen LogP contribution in [0.25, 0.3) is 0 Å². The monoisotopic (exact) mass is 309 g/mol. The summed E-state index contributed by atoms with van der Waals surface area (Å²) in [6.45, 7) is 7.55. The van der Waals surface area contributed by atoms with Crippen LogP contribution in [0, 0.1) is 6.92 Å². The van der Waals surface area contributed by atoms with Crippen LogP contribution in [-0.4, -0.2) is 11.7 Å². The Morgan fingerprint density at radius 2 is 1.70 bits per heavy atom. The van der Waals surface area contributed by atoms with Gasteiger partial charge in [0.2, 0.25) is 5.91 Å². The Bertz CT molecular complexity index is 718. The van der Waals surface area contributed by atoms with E-state index in [9.17, 15) is 9.59 Å². The number of ketones is 1. The number of amides is 1. The molecule has 0 saturated heterocycles. The fourth-order valence-corrected chi connectivity index (χ4v) is 2.56. The summed E-state index contributed by atoms with van der Waals surface area (Å²) in [6.07, 6.45) is 0.376. The molecule has 120 valence electrons. The van der Waals surface area contributed by atoms with E-state index in [2.05, 4.69) is 19.2 Å². The van der Waals surface area contributed by atoms with Gasteiger partial charge in [-0.15, -0.1) is 0 Å². The van der Waals surface area contributed by atoms with Crippen molar-refractivity contribution in [3.8, 4) is 0 Å². The van der Waals surface area contributed by atoms with Crippen LogP contribution >= 0.6 is 0 Å². The number of rotatable bonds is 5. The summed E-state index contributed by atoms with van der Waals surface area (Å²) in [5.74, 6) is -0.0623. The average Bonchev–Trinajstić information content (AvgIpc) is 2.49. The molecule has 0 aliphatic rings. The third-order valence-electron chi connectivity index (χ3n) is 4.08. The third-order valence-corrected chi connectivity index (χ3v) is 4.08. The van der Waals surface area contributed by atoms with Gasteiger partial charge in [-0.2, -0.15) is 0 Å². The van der Waals surface area contributed by atoms with Crippen molar-refractivity contribution in [2.75, 3.05) is 5.32 Å². The summed E-state index contributed by atoms with van der Waals surface area (Å²) in [4.78, 5) is 23.9. The van der Waals surface area contributed by atoms with Gasteiger partial charge in [0.05, 0.1) is 0 Å². The minimum absolute atomic E-state index is 0.00915.